The maximum absolute atomic E-state index is 13.7. The van der Waals surface area contributed by atoms with Crippen LogP contribution in [0.25, 0.3) is 11.3 Å². The van der Waals surface area contributed by atoms with Gasteiger partial charge < -0.3 is 14.7 Å². The average Bonchev–Trinajstić information content (AvgIpc) is 3.08. The molecule has 4 rings (SSSR count). The number of carbonyl (C=O) groups is 1. The van der Waals surface area contributed by atoms with Crippen LogP contribution in [0.15, 0.2) is 40.9 Å². The van der Waals surface area contributed by atoms with Gasteiger partial charge in [0.15, 0.2) is 17.4 Å². The highest BCUT2D eigenvalue weighted by atomic mass is 35.5. The van der Waals surface area contributed by atoms with Crippen molar-refractivity contribution >= 4 is 23.3 Å². The van der Waals surface area contributed by atoms with Gasteiger partial charge in [-0.25, -0.2) is 13.6 Å². The number of halogens is 3. The Morgan fingerprint density at radius 2 is 2.00 bits per heavy atom. The number of benzene rings is 2. The van der Waals surface area contributed by atoms with E-state index in [1.165, 1.54) is 13.0 Å². The Hall–Kier alpha value is -2.93. The zero-order valence-electron chi connectivity index (χ0n) is 15.8. The number of aromatic nitrogens is 1. The first kappa shape index (κ1) is 19.4. The molecular weight excluding hydrogens is 400 g/mol. The third-order valence-corrected chi connectivity index (χ3v) is 5.30. The quantitative estimate of drug-likeness (QED) is 0.593. The zero-order valence-corrected chi connectivity index (χ0v) is 16.6. The molecule has 1 aliphatic rings. The number of urea groups is 1. The van der Waals surface area contributed by atoms with Gasteiger partial charge in [0.05, 0.1) is 12.2 Å². The highest BCUT2D eigenvalue weighted by Gasteiger charge is 2.32. The lowest BCUT2D eigenvalue weighted by Gasteiger charge is -2.32. The number of aryl methyl sites for hydroxylation is 1. The number of amides is 2. The Bertz CT molecular complexity index is 1060. The van der Waals surface area contributed by atoms with E-state index in [4.69, 9.17) is 16.1 Å². The van der Waals surface area contributed by atoms with Crippen LogP contribution >= 0.6 is 11.6 Å². The molecule has 0 saturated heterocycles. The average molecular weight is 418 g/mol. The number of hydrogen-bond donors (Lipinski definition) is 1. The standard InChI is InChI=1S/C21H18ClF2N3O2/c1-11-7-15(9-17(23)19(11)24)25-21(28)27-10-16-18(8-12(27)2)26-29-20(16)13-3-5-14(22)6-4-13/h3-7,9,12H,8,10H2,1-2H3,(H,25,28)/t12-/m0/s1. The Morgan fingerprint density at radius 1 is 1.28 bits per heavy atom. The Labute approximate surface area is 171 Å². The minimum absolute atomic E-state index is 0.123. The van der Waals surface area contributed by atoms with Crippen molar-refractivity contribution in [3.8, 4) is 11.3 Å². The molecule has 1 aromatic heterocycles. The minimum atomic E-state index is -1.00. The number of carbonyl (C=O) groups excluding carboxylic acids is 1. The van der Waals surface area contributed by atoms with E-state index in [0.29, 0.717) is 17.2 Å². The summed E-state index contributed by atoms with van der Waals surface area (Å²) in [6, 6.07) is 8.99. The van der Waals surface area contributed by atoms with Crippen LogP contribution in [0.4, 0.5) is 19.3 Å². The van der Waals surface area contributed by atoms with Gasteiger partial charge in [-0.2, -0.15) is 0 Å². The first-order valence-electron chi connectivity index (χ1n) is 9.10. The second kappa shape index (κ2) is 7.48. The van der Waals surface area contributed by atoms with E-state index >= 15 is 0 Å². The summed E-state index contributed by atoms with van der Waals surface area (Å²) < 4.78 is 32.7. The van der Waals surface area contributed by atoms with Gasteiger partial charge in [0, 0.05) is 40.4 Å². The molecular formula is C21H18ClF2N3O2. The molecule has 1 atom stereocenters. The van der Waals surface area contributed by atoms with Crippen LogP contribution in [0.3, 0.4) is 0 Å². The lowest BCUT2D eigenvalue weighted by Crippen LogP contribution is -2.44. The van der Waals surface area contributed by atoms with Crippen molar-refractivity contribution in [3.05, 3.63) is 69.9 Å². The van der Waals surface area contributed by atoms with Gasteiger partial charge in [-0.1, -0.05) is 16.8 Å². The summed E-state index contributed by atoms with van der Waals surface area (Å²) in [5.74, 6) is -1.33. The summed E-state index contributed by atoms with van der Waals surface area (Å²) in [6.45, 7) is 3.63. The van der Waals surface area contributed by atoms with Crippen LogP contribution in [0.1, 0.15) is 23.7 Å². The highest BCUT2D eigenvalue weighted by molar-refractivity contribution is 6.30. The predicted molar refractivity (Wildman–Crippen MR) is 106 cm³/mol. The largest absolute Gasteiger partial charge is 0.356 e. The van der Waals surface area contributed by atoms with Crippen molar-refractivity contribution in [3.63, 3.8) is 0 Å². The van der Waals surface area contributed by atoms with Gasteiger partial charge >= 0.3 is 6.03 Å². The van der Waals surface area contributed by atoms with Crippen molar-refractivity contribution in [1.29, 1.82) is 0 Å². The number of nitrogens with one attached hydrogen (secondary N) is 1. The third kappa shape index (κ3) is 3.70. The number of fused-ring (bicyclic) bond motifs is 1. The fourth-order valence-electron chi connectivity index (χ4n) is 3.48. The van der Waals surface area contributed by atoms with E-state index in [1.807, 2.05) is 19.1 Å². The molecule has 2 amide bonds. The van der Waals surface area contributed by atoms with Crippen molar-refractivity contribution in [2.45, 2.75) is 32.9 Å². The van der Waals surface area contributed by atoms with E-state index in [1.54, 1.807) is 17.0 Å². The van der Waals surface area contributed by atoms with Crippen molar-refractivity contribution in [2.75, 3.05) is 5.32 Å². The fraction of sp³-hybridized carbons (Fsp3) is 0.238. The zero-order chi connectivity index (χ0) is 20.7. The second-order valence-electron chi connectivity index (χ2n) is 7.14. The maximum Gasteiger partial charge on any atom is 0.322 e. The maximum atomic E-state index is 13.7. The van der Waals surface area contributed by atoms with Crippen LogP contribution in [0.2, 0.25) is 5.02 Å². The van der Waals surface area contributed by atoms with Gasteiger partial charge in [-0.05, 0) is 49.7 Å². The van der Waals surface area contributed by atoms with Crippen molar-refractivity contribution in [2.24, 2.45) is 0 Å². The van der Waals surface area contributed by atoms with Gasteiger partial charge in [-0.3, -0.25) is 0 Å². The molecule has 0 spiro atoms. The summed E-state index contributed by atoms with van der Waals surface area (Å²) >= 11 is 5.95. The van der Waals surface area contributed by atoms with Crippen LogP contribution in [-0.4, -0.2) is 22.1 Å². The SMILES string of the molecule is Cc1cc(NC(=O)N2Cc3c(noc3-c3ccc(Cl)cc3)C[C@@H]2C)cc(F)c1F. The molecule has 1 aliphatic heterocycles. The van der Waals surface area contributed by atoms with Crippen LogP contribution in [0, 0.1) is 18.6 Å². The molecule has 0 saturated carbocycles. The molecule has 8 heteroatoms. The Kier molecular flexibility index (Phi) is 5.00. The smallest absolute Gasteiger partial charge is 0.322 e. The Balaban J connectivity index is 1.59. The molecule has 150 valence electrons. The summed E-state index contributed by atoms with van der Waals surface area (Å²) in [5, 5.41) is 7.42. The Morgan fingerprint density at radius 3 is 2.69 bits per heavy atom. The van der Waals surface area contributed by atoms with Gasteiger partial charge in [0.2, 0.25) is 0 Å². The molecule has 0 unspecified atom stereocenters. The van der Waals surface area contributed by atoms with Crippen LogP contribution < -0.4 is 5.32 Å². The predicted octanol–water partition coefficient (Wildman–Crippen LogP) is 5.56. The van der Waals surface area contributed by atoms with E-state index < -0.39 is 17.7 Å². The molecule has 0 bridgehead atoms. The van der Waals surface area contributed by atoms with Gasteiger partial charge in [-0.15, -0.1) is 0 Å². The van der Waals surface area contributed by atoms with Gasteiger partial charge in [0.25, 0.3) is 0 Å². The normalized spacial score (nSPS) is 15.9. The third-order valence-electron chi connectivity index (χ3n) is 5.05. The van der Waals surface area contributed by atoms with E-state index in [9.17, 15) is 13.6 Å². The molecule has 0 aliphatic carbocycles. The lowest BCUT2D eigenvalue weighted by atomic mass is 9.97. The first-order chi connectivity index (χ1) is 13.8. The summed E-state index contributed by atoms with van der Waals surface area (Å²) in [6.07, 6.45) is 0.524. The molecule has 29 heavy (non-hydrogen) atoms. The number of rotatable bonds is 2. The van der Waals surface area contributed by atoms with E-state index in [2.05, 4.69) is 10.5 Å². The number of anilines is 1. The molecule has 0 radical (unpaired) electrons. The first-order valence-corrected chi connectivity index (χ1v) is 9.48. The molecule has 2 aromatic carbocycles. The van der Waals surface area contributed by atoms with Crippen molar-refractivity contribution < 1.29 is 18.1 Å². The molecule has 0 fully saturated rings. The summed E-state index contributed by atoms with van der Waals surface area (Å²) in [7, 11) is 0. The van der Waals surface area contributed by atoms with Crippen molar-refractivity contribution in [1.82, 2.24) is 10.1 Å². The fourth-order valence-corrected chi connectivity index (χ4v) is 3.60. The highest BCUT2D eigenvalue weighted by Crippen LogP contribution is 2.33. The molecule has 3 aromatic rings. The lowest BCUT2D eigenvalue weighted by molar-refractivity contribution is 0.182. The second-order valence-corrected chi connectivity index (χ2v) is 7.58. The van der Waals surface area contributed by atoms with Crippen LogP contribution in [-0.2, 0) is 13.0 Å². The summed E-state index contributed by atoms with van der Waals surface area (Å²) in [5.41, 5.74) is 2.76. The summed E-state index contributed by atoms with van der Waals surface area (Å²) in [4.78, 5) is 14.5. The van der Waals surface area contributed by atoms with E-state index in [0.717, 1.165) is 22.9 Å². The molecule has 5 nitrogen and oxygen atoms in total. The number of hydrogen-bond acceptors (Lipinski definition) is 3. The monoisotopic (exact) mass is 417 g/mol. The molecule has 1 N–H and O–H groups in total. The van der Waals surface area contributed by atoms with E-state index in [-0.39, 0.29) is 23.8 Å². The minimum Gasteiger partial charge on any atom is -0.356 e. The number of nitrogens with zero attached hydrogens (tertiary/aromatic N) is 2. The van der Waals surface area contributed by atoms with Crippen LogP contribution in [0.5, 0.6) is 0 Å². The molecule has 2 heterocycles. The topological polar surface area (TPSA) is 58.4 Å². The van der Waals surface area contributed by atoms with Gasteiger partial charge in [0.1, 0.15) is 0 Å².